The molecule has 3 aromatic rings. The summed E-state index contributed by atoms with van der Waals surface area (Å²) in [5.41, 5.74) is 0.862. The molecule has 158 valence electrons. The van der Waals surface area contributed by atoms with Gasteiger partial charge in [-0.25, -0.2) is 0 Å². The zero-order chi connectivity index (χ0) is 21.4. The molecule has 0 saturated carbocycles. The Morgan fingerprint density at radius 1 is 0.967 bits per heavy atom. The van der Waals surface area contributed by atoms with Gasteiger partial charge in [-0.1, -0.05) is 12.1 Å². The quantitative estimate of drug-likeness (QED) is 0.406. The van der Waals surface area contributed by atoms with E-state index >= 15 is 0 Å². The van der Waals surface area contributed by atoms with Crippen LogP contribution in [0.2, 0.25) is 0 Å². The van der Waals surface area contributed by atoms with Crippen molar-refractivity contribution in [3.63, 3.8) is 0 Å². The van der Waals surface area contributed by atoms with Gasteiger partial charge in [0.25, 0.3) is 0 Å². The summed E-state index contributed by atoms with van der Waals surface area (Å²) < 4.78 is 16.4. The highest BCUT2D eigenvalue weighted by molar-refractivity contribution is 5.82. The van der Waals surface area contributed by atoms with Crippen molar-refractivity contribution >= 4 is 11.0 Å². The number of benzene rings is 2. The number of hydrogen-bond acceptors (Lipinski definition) is 9. The summed E-state index contributed by atoms with van der Waals surface area (Å²) in [5.74, 6) is 0.270. The van der Waals surface area contributed by atoms with E-state index in [0.717, 1.165) is 0 Å². The van der Waals surface area contributed by atoms with Gasteiger partial charge in [0.05, 0.1) is 17.6 Å². The van der Waals surface area contributed by atoms with Crippen molar-refractivity contribution < 1.29 is 39.4 Å². The molecule has 30 heavy (non-hydrogen) atoms. The highest BCUT2D eigenvalue weighted by Gasteiger charge is 2.44. The fourth-order valence-electron chi connectivity index (χ4n) is 3.32. The first-order chi connectivity index (χ1) is 14.4. The first-order valence-electron chi connectivity index (χ1n) is 9.21. The maximum atomic E-state index is 12.8. The Bertz CT molecular complexity index is 1090. The van der Waals surface area contributed by atoms with E-state index in [-0.39, 0.29) is 22.5 Å². The first kappa shape index (κ1) is 20.3. The summed E-state index contributed by atoms with van der Waals surface area (Å²) in [6.07, 6.45) is -5.75. The molecule has 9 heteroatoms. The lowest BCUT2D eigenvalue weighted by Gasteiger charge is -2.39. The summed E-state index contributed by atoms with van der Waals surface area (Å²) >= 11 is 0. The molecule has 0 radical (unpaired) electrons. The molecular formula is C21H20O9. The fraction of sp³-hybridized carbons (Fsp3) is 0.286. The van der Waals surface area contributed by atoms with Gasteiger partial charge in [0.2, 0.25) is 6.29 Å². The molecule has 0 bridgehead atoms. The van der Waals surface area contributed by atoms with E-state index in [2.05, 4.69) is 0 Å². The molecule has 0 aliphatic carbocycles. The maximum Gasteiger partial charge on any atom is 0.229 e. The van der Waals surface area contributed by atoms with Crippen LogP contribution in [0, 0.1) is 0 Å². The molecule has 9 nitrogen and oxygen atoms in total. The van der Waals surface area contributed by atoms with E-state index in [1.54, 1.807) is 12.1 Å². The minimum Gasteiger partial charge on any atom is -0.508 e. The number of fused-ring (bicyclic) bond motifs is 1. The molecule has 1 aliphatic rings. The van der Waals surface area contributed by atoms with Crippen LogP contribution in [0.5, 0.6) is 11.5 Å². The molecule has 0 spiro atoms. The Hall–Kier alpha value is -2.95. The molecule has 2 heterocycles. The van der Waals surface area contributed by atoms with Gasteiger partial charge in [0, 0.05) is 6.07 Å². The predicted molar refractivity (Wildman–Crippen MR) is 104 cm³/mol. The maximum absolute atomic E-state index is 12.8. The second kappa shape index (κ2) is 8.05. The van der Waals surface area contributed by atoms with Crippen LogP contribution in [0.4, 0.5) is 0 Å². The van der Waals surface area contributed by atoms with Gasteiger partial charge in [-0.15, -0.1) is 0 Å². The molecule has 1 fully saturated rings. The smallest absolute Gasteiger partial charge is 0.229 e. The molecule has 0 unspecified atom stereocenters. The van der Waals surface area contributed by atoms with Gasteiger partial charge in [-0.2, -0.15) is 0 Å². The minimum atomic E-state index is -1.56. The zero-order valence-corrected chi connectivity index (χ0v) is 15.6. The van der Waals surface area contributed by atoms with Crippen LogP contribution >= 0.6 is 0 Å². The van der Waals surface area contributed by atoms with Crippen molar-refractivity contribution in [2.45, 2.75) is 30.7 Å². The number of ether oxygens (including phenoxy) is 2. The van der Waals surface area contributed by atoms with Crippen LogP contribution < -0.4 is 10.2 Å². The highest BCUT2D eigenvalue weighted by Crippen LogP contribution is 2.27. The summed E-state index contributed by atoms with van der Waals surface area (Å²) in [6, 6.07) is 10.5. The largest absolute Gasteiger partial charge is 0.508 e. The van der Waals surface area contributed by atoms with Crippen molar-refractivity contribution in [2.75, 3.05) is 6.61 Å². The average molecular weight is 416 g/mol. The number of phenolic OH excluding ortho intramolecular Hbond substituents is 1. The number of aliphatic hydroxyl groups is 4. The van der Waals surface area contributed by atoms with Crippen molar-refractivity contribution in [3.8, 4) is 22.6 Å². The topological polar surface area (TPSA) is 150 Å². The van der Waals surface area contributed by atoms with Crippen LogP contribution in [-0.2, 0) is 4.74 Å². The fourth-order valence-corrected chi connectivity index (χ4v) is 3.32. The van der Waals surface area contributed by atoms with Crippen LogP contribution in [0.1, 0.15) is 0 Å². The molecular weight excluding hydrogens is 396 g/mol. The Kier molecular flexibility index (Phi) is 5.46. The Morgan fingerprint density at radius 3 is 2.40 bits per heavy atom. The van der Waals surface area contributed by atoms with Gasteiger partial charge >= 0.3 is 0 Å². The SMILES string of the molecule is O=c1c(-c2ccc(O)cc2)coc2cc(O[C@H]3O[C@H](CO)[C@@H](O)[C@H](O)[C@@H]3O)ccc12. The summed E-state index contributed by atoms with van der Waals surface area (Å²) in [7, 11) is 0. The van der Waals surface area contributed by atoms with Crippen LogP contribution in [0.25, 0.3) is 22.1 Å². The number of aliphatic hydroxyl groups excluding tert-OH is 4. The van der Waals surface area contributed by atoms with E-state index < -0.39 is 37.3 Å². The van der Waals surface area contributed by atoms with Crippen LogP contribution in [-0.4, -0.2) is 62.8 Å². The monoisotopic (exact) mass is 416 g/mol. The molecule has 1 aromatic heterocycles. The average Bonchev–Trinajstić information content (AvgIpc) is 2.75. The minimum absolute atomic E-state index is 0.0823. The predicted octanol–water partition coefficient (Wildman–Crippen LogP) is 0.344. The lowest BCUT2D eigenvalue weighted by atomic mass is 9.99. The Balaban J connectivity index is 1.62. The third-order valence-corrected chi connectivity index (χ3v) is 5.03. The van der Waals surface area contributed by atoms with Crippen molar-refractivity contribution in [1.29, 1.82) is 0 Å². The normalized spacial score (nSPS) is 26.6. The second-order valence-electron chi connectivity index (χ2n) is 7.00. The third kappa shape index (κ3) is 3.64. The summed E-state index contributed by atoms with van der Waals surface area (Å²) in [4.78, 5) is 12.8. The molecule has 4 rings (SSSR count). The molecule has 1 saturated heterocycles. The number of hydrogen-bond donors (Lipinski definition) is 5. The molecule has 2 aromatic carbocycles. The molecule has 0 amide bonds. The summed E-state index contributed by atoms with van der Waals surface area (Å²) in [6.45, 7) is -0.572. The van der Waals surface area contributed by atoms with E-state index in [1.165, 1.54) is 36.6 Å². The van der Waals surface area contributed by atoms with E-state index in [0.29, 0.717) is 16.5 Å². The number of aromatic hydroxyl groups is 1. The first-order valence-corrected chi connectivity index (χ1v) is 9.21. The van der Waals surface area contributed by atoms with Crippen LogP contribution in [0.3, 0.4) is 0 Å². The van der Waals surface area contributed by atoms with Gasteiger partial charge in [0.1, 0.15) is 47.8 Å². The van der Waals surface area contributed by atoms with Gasteiger partial charge in [-0.3, -0.25) is 4.79 Å². The molecule has 5 atom stereocenters. The summed E-state index contributed by atoms with van der Waals surface area (Å²) in [5, 5.41) is 48.7. The highest BCUT2D eigenvalue weighted by atomic mass is 16.7. The van der Waals surface area contributed by atoms with Crippen molar-refractivity contribution in [1.82, 2.24) is 0 Å². The molecule has 1 aliphatic heterocycles. The lowest BCUT2D eigenvalue weighted by Crippen LogP contribution is -2.60. The zero-order valence-electron chi connectivity index (χ0n) is 15.6. The van der Waals surface area contributed by atoms with Crippen molar-refractivity contribution in [3.05, 3.63) is 59.0 Å². The standard InChI is InChI=1S/C21H20O9/c22-8-16-18(25)19(26)20(27)21(30-16)29-12-5-6-13-15(7-12)28-9-14(17(13)24)10-1-3-11(23)4-2-10/h1-7,9,16,18-23,25-27H,8H2/t16-,18-,19+,20+,21+/m1/s1. The van der Waals surface area contributed by atoms with Gasteiger partial charge in [-0.05, 0) is 29.8 Å². The van der Waals surface area contributed by atoms with Crippen molar-refractivity contribution in [2.24, 2.45) is 0 Å². The lowest BCUT2D eigenvalue weighted by molar-refractivity contribution is -0.277. The van der Waals surface area contributed by atoms with E-state index in [4.69, 9.17) is 13.9 Å². The van der Waals surface area contributed by atoms with Gasteiger partial charge in [0.15, 0.2) is 5.43 Å². The number of phenols is 1. The third-order valence-electron chi connectivity index (χ3n) is 5.03. The Morgan fingerprint density at radius 2 is 1.70 bits per heavy atom. The van der Waals surface area contributed by atoms with Gasteiger partial charge < -0.3 is 39.4 Å². The van der Waals surface area contributed by atoms with Crippen LogP contribution in [0.15, 0.2) is 57.9 Å². The van der Waals surface area contributed by atoms with E-state index in [9.17, 15) is 30.3 Å². The molecule has 5 N–H and O–H groups in total. The van der Waals surface area contributed by atoms with E-state index in [1.807, 2.05) is 0 Å². The Labute approximate surface area is 170 Å². The second-order valence-corrected chi connectivity index (χ2v) is 7.00. The number of rotatable bonds is 4.